The summed E-state index contributed by atoms with van der Waals surface area (Å²) in [4.78, 5) is 14.6. The van der Waals surface area contributed by atoms with Crippen molar-refractivity contribution in [3.63, 3.8) is 0 Å². The second kappa shape index (κ2) is 8.34. The predicted octanol–water partition coefficient (Wildman–Crippen LogP) is 2.97. The summed E-state index contributed by atoms with van der Waals surface area (Å²) in [5, 5.41) is 13.6. The lowest BCUT2D eigenvalue weighted by molar-refractivity contribution is -0.119. The number of benzene rings is 2. The van der Waals surface area contributed by atoms with E-state index in [2.05, 4.69) is 20.8 Å². The molecule has 1 amide bonds. The summed E-state index contributed by atoms with van der Waals surface area (Å²) < 4.78 is 30.5. The van der Waals surface area contributed by atoms with Crippen LogP contribution in [0.4, 0.5) is 20.2 Å². The molecule has 1 fully saturated rings. The quantitative estimate of drug-likeness (QED) is 0.691. The molecule has 4 rings (SSSR count). The lowest BCUT2D eigenvalue weighted by Crippen LogP contribution is -2.28. The summed E-state index contributed by atoms with van der Waals surface area (Å²) in [7, 11) is 0. The van der Waals surface area contributed by atoms with E-state index in [0.717, 1.165) is 30.5 Å². The molecule has 0 radical (unpaired) electrons. The molecule has 29 heavy (non-hydrogen) atoms. The number of hydrogen-bond donors (Lipinski definition) is 1. The van der Waals surface area contributed by atoms with Crippen molar-refractivity contribution in [1.29, 1.82) is 0 Å². The van der Waals surface area contributed by atoms with Crippen molar-refractivity contribution < 1.29 is 13.6 Å². The van der Waals surface area contributed by atoms with Crippen molar-refractivity contribution in [3.05, 3.63) is 66.0 Å². The number of nitrogens with one attached hydrogen (secondary N) is 1. The van der Waals surface area contributed by atoms with E-state index in [9.17, 15) is 13.6 Å². The van der Waals surface area contributed by atoms with Crippen LogP contribution in [-0.2, 0) is 11.2 Å². The smallest absolute Gasteiger partial charge is 0.249 e. The van der Waals surface area contributed by atoms with E-state index >= 15 is 0 Å². The number of nitrogens with zero attached hydrogens (tertiary/aromatic N) is 5. The minimum absolute atomic E-state index is 0.0400. The molecule has 2 heterocycles. The van der Waals surface area contributed by atoms with E-state index in [4.69, 9.17) is 0 Å². The first kappa shape index (κ1) is 19.0. The van der Waals surface area contributed by atoms with Gasteiger partial charge in [0.1, 0.15) is 18.1 Å². The first-order chi connectivity index (χ1) is 14.1. The lowest BCUT2D eigenvalue weighted by Gasteiger charge is -2.21. The zero-order valence-corrected chi connectivity index (χ0v) is 15.6. The molecular formula is C20H20F2N6O. The fourth-order valence-corrected chi connectivity index (χ4v) is 3.56. The number of tetrazole rings is 1. The zero-order valence-electron chi connectivity index (χ0n) is 15.6. The minimum atomic E-state index is -0.767. The molecule has 0 saturated carbocycles. The van der Waals surface area contributed by atoms with Gasteiger partial charge in [-0.15, -0.1) is 5.10 Å². The van der Waals surface area contributed by atoms with Crippen LogP contribution in [0.15, 0.2) is 48.8 Å². The van der Waals surface area contributed by atoms with E-state index in [1.165, 1.54) is 11.0 Å². The molecular weight excluding hydrogens is 378 g/mol. The number of amides is 1. The molecule has 0 aliphatic carbocycles. The van der Waals surface area contributed by atoms with Crippen LogP contribution in [0.5, 0.6) is 0 Å². The summed E-state index contributed by atoms with van der Waals surface area (Å²) in [5.41, 5.74) is 0.922. The fourth-order valence-electron chi connectivity index (χ4n) is 3.56. The molecule has 7 nitrogen and oxygen atoms in total. The van der Waals surface area contributed by atoms with Gasteiger partial charge in [0, 0.05) is 25.2 Å². The van der Waals surface area contributed by atoms with Crippen LogP contribution in [0.2, 0.25) is 0 Å². The van der Waals surface area contributed by atoms with Crippen molar-refractivity contribution in [2.45, 2.75) is 25.3 Å². The number of anilines is 2. The van der Waals surface area contributed by atoms with E-state index in [1.54, 1.807) is 4.90 Å². The average molecular weight is 398 g/mol. The molecule has 1 aliphatic rings. The molecule has 1 unspecified atom stereocenters. The molecule has 1 N–H and O–H groups in total. The number of carbonyl (C=O) groups is 1. The molecule has 1 aromatic heterocycles. The fraction of sp³-hybridized carbons (Fsp3) is 0.300. The van der Waals surface area contributed by atoms with Gasteiger partial charge in [-0.3, -0.25) is 4.79 Å². The van der Waals surface area contributed by atoms with Crippen LogP contribution in [0.1, 0.15) is 24.4 Å². The summed E-state index contributed by atoms with van der Waals surface area (Å²) in [6.45, 7) is 1.25. The maximum atomic E-state index is 14.6. The third kappa shape index (κ3) is 4.23. The van der Waals surface area contributed by atoms with E-state index in [0.29, 0.717) is 19.5 Å². The third-order valence-corrected chi connectivity index (χ3v) is 4.97. The number of carbonyl (C=O) groups excluding carboxylic acids is 1. The Morgan fingerprint density at radius 1 is 1.10 bits per heavy atom. The van der Waals surface area contributed by atoms with Crippen molar-refractivity contribution in [3.8, 4) is 0 Å². The maximum Gasteiger partial charge on any atom is 0.249 e. The summed E-state index contributed by atoms with van der Waals surface area (Å²) in [5.74, 6) is -1.85. The summed E-state index contributed by atoms with van der Waals surface area (Å²) in [6.07, 6.45) is 3.48. The number of halogens is 2. The molecule has 1 atom stereocenters. The molecule has 3 aromatic rings. The van der Waals surface area contributed by atoms with Gasteiger partial charge in [0.15, 0.2) is 11.6 Å². The predicted molar refractivity (Wildman–Crippen MR) is 103 cm³/mol. The second-order valence-electron chi connectivity index (χ2n) is 6.97. The Morgan fingerprint density at radius 3 is 2.41 bits per heavy atom. The van der Waals surface area contributed by atoms with Crippen LogP contribution in [0, 0.1) is 11.6 Å². The Labute approximate surface area is 166 Å². The topological polar surface area (TPSA) is 75.9 Å². The lowest BCUT2D eigenvalue weighted by atomic mass is 10.1. The maximum absolute atomic E-state index is 14.6. The number of aromatic nitrogens is 4. The normalized spacial score (nSPS) is 14.8. The molecule has 0 bridgehead atoms. The van der Waals surface area contributed by atoms with Gasteiger partial charge >= 0.3 is 0 Å². The van der Waals surface area contributed by atoms with Crippen molar-refractivity contribution >= 4 is 17.3 Å². The standard InChI is InChI=1S/C20H20F2N6O/c21-16-11-15(12-17(22)19(16)27-8-4-5-9-27)24-20(29)18(28-13-23-25-26-28)10-14-6-2-1-3-7-14/h1-3,6-7,11-13,18H,4-5,8-10H2,(H,24,29). The van der Waals surface area contributed by atoms with E-state index in [1.807, 2.05) is 30.3 Å². The number of rotatable bonds is 6. The van der Waals surface area contributed by atoms with Crippen LogP contribution >= 0.6 is 0 Å². The van der Waals surface area contributed by atoms with Gasteiger partial charge in [0.05, 0.1) is 0 Å². The summed E-state index contributed by atoms with van der Waals surface area (Å²) in [6, 6.07) is 10.9. The highest BCUT2D eigenvalue weighted by Crippen LogP contribution is 2.30. The van der Waals surface area contributed by atoms with Gasteiger partial charge in [0.2, 0.25) is 5.91 Å². The Morgan fingerprint density at radius 2 is 1.79 bits per heavy atom. The molecule has 1 aliphatic heterocycles. The highest BCUT2D eigenvalue weighted by Gasteiger charge is 2.25. The zero-order chi connectivity index (χ0) is 20.2. The Hall–Kier alpha value is -3.36. The average Bonchev–Trinajstić information content (AvgIpc) is 3.41. The largest absolute Gasteiger partial charge is 0.367 e. The van der Waals surface area contributed by atoms with Gasteiger partial charge in [-0.2, -0.15) is 0 Å². The SMILES string of the molecule is O=C(Nc1cc(F)c(N2CCCC2)c(F)c1)C(Cc1ccccc1)n1cnnn1. The minimum Gasteiger partial charge on any atom is -0.367 e. The highest BCUT2D eigenvalue weighted by atomic mass is 19.1. The van der Waals surface area contributed by atoms with Crippen molar-refractivity contribution in [2.75, 3.05) is 23.3 Å². The van der Waals surface area contributed by atoms with Gasteiger partial charge in [0.25, 0.3) is 0 Å². The monoisotopic (exact) mass is 398 g/mol. The van der Waals surface area contributed by atoms with Gasteiger partial charge in [-0.1, -0.05) is 30.3 Å². The molecule has 1 saturated heterocycles. The highest BCUT2D eigenvalue weighted by molar-refractivity contribution is 5.94. The van der Waals surface area contributed by atoms with Crippen LogP contribution in [-0.4, -0.2) is 39.2 Å². The van der Waals surface area contributed by atoms with Gasteiger partial charge in [-0.25, -0.2) is 13.5 Å². The van der Waals surface area contributed by atoms with Crippen LogP contribution in [0.3, 0.4) is 0 Å². The Kier molecular flexibility index (Phi) is 5.46. The second-order valence-corrected chi connectivity index (χ2v) is 6.97. The van der Waals surface area contributed by atoms with Crippen molar-refractivity contribution in [2.24, 2.45) is 0 Å². The molecule has 150 valence electrons. The first-order valence-corrected chi connectivity index (χ1v) is 9.43. The molecule has 2 aromatic carbocycles. The van der Waals surface area contributed by atoms with Crippen LogP contribution < -0.4 is 10.2 Å². The van der Waals surface area contributed by atoms with Crippen molar-refractivity contribution in [1.82, 2.24) is 20.2 Å². The van der Waals surface area contributed by atoms with Crippen LogP contribution in [0.25, 0.3) is 0 Å². The first-order valence-electron chi connectivity index (χ1n) is 9.43. The van der Waals surface area contributed by atoms with Gasteiger partial charge in [-0.05, 0) is 41.0 Å². The number of hydrogen-bond acceptors (Lipinski definition) is 5. The van der Waals surface area contributed by atoms with Gasteiger partial charge < -0.3 is 10.2 Å². The third-order valence-electron chi connectivity index (χ3n) is 4.97. The molecule has 0 spiro atoms. The Balaban J connectivity index is 1.56. The van der Waals surface area contributed by atoms with E-state index < -0.39 is 23.6 Å². The summed E-state index contributed by atoms with van der Waals surface area (Å²) >= 11 is 0. The molecule has 9 heteroatoms. The van der Waals surface area contributed by atoms with E-state index in [-0.39, 0.29) is 11.4 Å². The Bertz CT molecular complexity index is 951.